The summed E-state index contributed by atoms with van der Waals surface area (Å²) < 4.78 is 0. The van der Waals surface area contributed by atoms with Gasteiger partial charge >= 0.3 is 0 Å². The number of rotatable bonds is 7. The Kier molecular flexibility index (Phi) is 9.60. The highest BCUT2D eigenvalue weighted by molar-refractivity contribution is 8.00. The number of carbonyl (C=O) groups is 1. The van der Waals surface area contributed by atoms with E-state index in [1.807, 2.05) is 18.2 Å². The van der Waals surface area contributed by atoms with Crippen LogP contribution in [0.1, 0.15) is 32.6 Å². The molecule has 1 saturated heterocycles. The van der Waals surface area contributed by atoms with Crippen molar-refractivity contribution in [1.82, 2.24) is 10.6 Å². The first-order chi connectivity index (χ1) is 10.3. The minimum absolute atomic E-state index is 0. The molecule has 22 heavy (non-hydrogen) atoms. The molecule has 2 atom stereocenters. The van der Waals surface area contributed by atoms with Crippen molar-refractivity contribution in [3.8, 4) is 0 Å². The van der Waals surface area contributed by atoms with Gasteiger partial charge in [0.25, 0.3) is 0 Å². The Morgan fingerprint density at radius 3 is 2.82 bits per heavy atom. The molecule has 1 aromatic carbocycles. The van der Waals surface area contributed by atoms with Gasteiger partial charge in [-0.2, -0.15) is 0 Å². The Hall–Kier alpha value is -0.710. The predicted molar refractivity (Wildman–Crippen MR) is 96.8 cm³/mol. The van der Waals surface area contributed by atoms with E-state index in [0.717, 1.165) is 43.3 Å². The van der Waals surface area contributed by atoms with E-state index in [1.165, 1.54) is 12.8 Å². The summed E-state index contributed by atoms with van der Waals surface area (Å²) in [5.74, 6) is 0.899. The van der Waals surface area contributed by atoms with E-state index in [0.29, 0.717) is 0 Å². The summed E-state index contributed by atoms with van der Waals surface area (Å²) in [5, 5.41) is 6.55. The molecule has 5 heteroatoms. The minimum atomic E-state index is 0. The fraction of sp³-hybridized carbons (Fsp3) is 0.588. The molecule has 3 nitrogen and oxygen atoms in total. The van der Waals surface area contributed by atoms with Crippen LogP contribution in [0.2, 0.25) is 0 Å². The van der Waals surface area contributed by atoms with Gasteiger partial charge in [-0.1, -0.05) is 25.1 Å². The number of thioether (sulfide) groups is 1. The number of carbonyl (C=O) groups excluding carboxylic acids is 1. The molecule has 0 aromatic heterocycles. The van der Waals surface area contributed by atoms with Crippen LogP contribution < -0.4 is 10.6 Å². The zero-order valence-corrected chi connectivity index (χ0v) is 14.8. The Bertz CT molecular complexity index is 424. The topological polar surface area (TPSA) is 41.1 Å². The van der Waals surface area contributed by atoms with Gasteiger partial charge in [0.05, 0.1) is 5.25 Å². The van der Waals surface area contributed by atoms with Crippen LogP contribution in [-0.4, -0.2) is 30.8 Å². The van der Waals surface area contributed by atoms with Gasteiger partial charge in [0.15, 0.2) is 0 Å². The molecule has 2 unspecified atom stereocenters. The maximum Gasteiger partial charge on any atom is 0.233 e. The van der Waals surface area contributed by atoms with E-state index in [2.05, 4.69) is 29.7 Å². The third kappa shape index (κ3) is 6.59. The predicted octanol–water partition coefficient (Wildman–Crippen LogP) is 3.49. The minimum Gasteiger partial charge on any atom is -0.355 e. The van der Waals surface area contributed by atoms with Crippen LogP contribution >= 0.6 is 24.2 Å². The summed E-state index contributed by atoms with van der Waals surface area (Å²) in [4.78, 5) is 13.4. The standard InChI is InChI=1S/C17H26N2OS.ClH/c1-2-16(21-15-8-4-3-5-9-15)17(20)19-12-10-14-7-6-11-18-13-14;/h3-5,8-9,14,16,18H,2,6-7,10-13H2,1H3,(H,19,20);1H. The van der Waals surface area contributed by atoms with E-state index in [9.17, 15) is 4.79 Å². The molecule has 1 aromatic rings. The zero-order chi connectivity index (χ0) is 14.9. The van der Waals surface area contributed by atoms with Crippen molar-refractivity contribution in [2.75, 3.05) is 19.6 Å². The van der Waals surface area contributed by atoms with E-state index in [4.69, 9.17) is 0 Å². The molecule has 124 valence electrons. The highest BCUT2D eigenvalue weighted by Gasteiger charge is 2.18. The summed E-state index contributed by atoms with van der Waals surface area (Å²) in [6.45, 7) is 5.13. The average molecular weight is 343 g/mol. The van der Waals surface area contributed by atoms with Crippen LogP contribution in [0.5, 0.6) is 0 Å². The molecule has 2 N–H and O–H groups in total. The van der Waals surface area contributed by atoms with E-state index in [1.54, 1.807) is 11.8 Å². The summed E-state index contributed by atoms with van der Waals surface area (Å²) in [6, 6.07) is 10.2. The lowest BCUT2D eigenvalue weighted by Crippen LogP contribution is -2.36. The Morgan fingerprint density at radius 2 is 2.18 bits per heavy atom. The molecule has 2 rings (SSSR count). The zero-order valence-electron chi connectivity index (χ0n) is 13.2. The molecule has 1 aliphatic rings. The fourth-order valence-electron chi connectivity index (χ4n) is 2.67. The number of halogens is 1. The molecule has 1 aliphatic heterocycles. The summed E-state index contributed by atoms with van der Waals surface area (Å²) in [6.07, 6.45) is 4.50. The molecule has 0 aliphatic carbocycles. The largest absolute Gasteiger partial charge is 0.355 e. The number of benzene rings is 1. The quantitative estimate of drug-likeness (QED) is 0.745. The summed E-state index contributed by atoms with van der Waals surface area (Å²) in [7, 11) is 0. The Balaban J connectivity index is 0.00000242. The van der Waals surface area contributed by atoms with Crippen molar-refractivity contribution in [2.24, 2.45) is 5.92 Å². The van der Waals surface area contributed by atoms with Gasteiger partial charge in [-0.05, 0) is 56.8 Å². The van der Waals surface area contributed by atoms with E-state index < -0.39 is 0 Å². The number of piperidine rings is 1. The van der Waals surface area contributed by atoms with E-state index in [-0.39, 0.29) is 23.6 Å². The molecular weight excluding hydrogens is 316 g/mol. The van der Waals surface area contributed by atoms with Crippen molar-refractivity contribution < 1.29 is 4.79 Å². The van der Waals surface area contributed by atoms with Crippen molar-refractivity contribution in [3.05, 3.63) is 30.3 Å². The smallest absolute Gasteiger partial charge is 0.233 e. The molecule has 1 amide bonds. The summed E-state index contributed by atoms with van der Waals surface area (Å²) in [5.41, 5.74) is 0. The van der Waals surface area contributed by atoms with Crippen molar-refractivity contribution in [2.45, 2.75) is 42.8 Å². The van der Waals surface area contributed by atoms with Gasteiger partial charge in [-0.3, -0.25) is 4.79 Å². The number of hydrogen-bond donors (Lipinski definition) is 2. The second kappa shape index (κ2) is 10.9. The van der Waals surface area contributed by atoms with Gasteiger partial charge in [0, 0.05) is 11.4 Å². The lowest BCUT2D eigenvalue weighted by Gasteiger charge is -2.23. The molecule has 0 spiro atoms. The maximum atomic E-state index is 12.3. The van der Waals surface area contributed by atoms with E-state index >= 15 is 0 Å². The maximum absolute atomic E-state index is 12.3. The van der Waals surface area contributed by atoms with Gasteiger partial charge in [0.2, 0.25) is 5.91 Å². The lowest BCUT2D eigenvalue weighted by atomic mass is 9.96. The van der Waals surface area contributed by atoms with Crippen LogP contribution in [0, 0.1) is 5.92 Å². The van der Waals surface area contributed by atoms with Crippen LogP contribution in [0.3, 0.4) is 0 Å². The van der Waals surface area contributed by atoms with Crippen LogP contribution in [0.25, 0.3) is 0 Å². The highest BCUT2D eigenvalue weighted by Crippen LogP contribution is 2.25. The molecular formula is C17H27ClN2OS. The average Bonchev–Trinajstić information content (AvgIpc) is 2.54. The Morgan fingerprint density at radius 1 is 1.41 bits per heavy atom. The second-order valence-corrected chi connectivity index (χ2v) is 6.90. The highest BCUT2D eigenvalue weighted by atomic mass is 35.5. The molecule has 0 saturated carbocycles. The molecule has 0 bridgehead atoms. The van der Waals surface area contributed by atoms with Crippen molar-refractivity contribution in [3.63, 3.8) is 0 Å². The number of nitrogens with one attached hydrogen (secondary N) is 2. The third-order valence-corrected chi connectivity index (χ3v) is 5.31. The summed E-state index contributed by atoms with van der Waals surface area (Å²) >= 11 is 1.66. The molecule has 1 heterocycles. The monoisotopic (exact) mass is 342 g/mol. The normalized spacial score (nSPS) is 19.0. The van der Waals surface area contributed by atoms with Gasteiger partial charge in [-0.15, -0.1) is 24.2 Å². The number of amides is 1. The molecule has 1 fully saturated rings. The second-order valence-electron chi connectivity index (χ2n) is 5.62. The SMILES string of the molecule is CCC(Sc1ccccc1)C(=O)NCCC1CCCNC1.Cl. The fourth-order valence-corrected chi connectivity index (χ4v) is 3.67. The number of hydrogen-bond acceptors (Lipinski definition) is 3. The Labute approximate surface area is 144 Å². The van der Waals surface area contributed by atoms with Gasteiger partial charge in [0.1, 0.15) is 0 Å². The first-order valence-electron chi connectivity index (χ1n) is 7.99. The van der Waals surface area contributed by atoms with Crippen LogP contribution in [0.15, 0.2) is 35.2 Å². The molecule has 0 radical (unpaired) electrons. The van der Waals surface area contributed by atoms with Crippen LogP contribution in [0.4, 0.5) is 0 Å². The van der Waals surface area contributed by atoms with Crippen molar-refractivity contribution in [1.29, 1.82) is 0 Å². The van der Waals surface area contributed by atoms with Crippen molar-refractivity contribution >= 4 is 30.1 Å². The van der Waals surface area contributed by atoms with Crippen LogP contribution in [-0.2, 0) is 4.79 Å². The first-order valence-corrected chi connectivity index (χ1v) is 8.87. The third-order valence-electron chi connectivity index (χ3n) is 3.94. The van der Waals surface area contributed by atoms with Gasteiger partial charge < -0.3 is 10.6 Å². The lowest BCUT2D eigenvalue weighted by molar-refractivity contribution is -0.120. The first kappa shape index (κ1) is 19.3. The van der Waals surface area contributed by atoms with Gasteiger partial charge in [-0.25, -0.2) is 0 Å².